The van der Waals surface area contributed by atoms with Crippen molar-refractivity contribution in [2.24, 2.45) is 0 Å². The number of amides is 1. The summed E-state index contributed by atoms with van der Waals surface area (Å²) in [6, 6.07) is 3.49. The number of pyridine rings is 1. The van der Waals surface area contributed by atoms with Crippen molar-refractivity contribution in [1.82, 2.24) is 4.98 Å². The first-order valence-corrected chi connectivity index (χ1v) is 5.46. The number of carbonyl (C=O) groups excluding carboxylic acids is 1. The summed E-state index contributed by atoms with van der Waals surface area (Å²) in [7, 11) is 0. The second kappa shape index (κ2) is 7.22. The van der Waals surface area contributed by atoms with Gasteiger partial charge in [-0.05, 0) is 26.0 Å². The molecule has 0 aliphatic heterocycles. The Kier molecular flexibility index (Phi) is 5.51. The van der Waals surface area contributed by atoms with Gasteiger partial charge >= 0.3 is 0 Å². The van der Waals surface area contributed by atoms with Gasteiger partial charge < -0.3 is 10.1 Å². The van der Waals surface area contributed by atoms with Crippen molar-refractivity contribution in [3.05, 3.63) is 42.6 Å². The summed E-state index contributed by atoms with van der Waals surface area (Å²) in [5.41, 5.74) is 0.574. The molecule has 90 valence electrons. The maximum Gasteiger partial charge on any atom is 0.248 e. The van der Waals surface area contributed by atoms with E-state index in [9.17, 15) is 4.79 Å². The van der Waals surface area contributed by atoms with Crippen LogP contribution in [-0.4, -0.2) is 17.5 Å². The molecule has 1 heterocycles. The highest BCUT2D eigenvalue weighted by Gasteiger charge is 2.05. The zero-order chi connectivity index (χ0) is 12.5. The molecule has 0 radical (unpaired) electrons. The van der Waals surface area contributed by atoms with Crippen molar-refractivity contribution in [3.63, 3.8) is 0 Å². The number of aromatic nitrogens is 1. The molecule has 0 aromatic carbocycles. The lowest BCUT2D eigenvalue weighted by Gasteiger charge is -2.08. The lowest BCUT2D eigenvalue weighted by Crippen LogP contribution is -2.10. The molecule has 0 fully saturated rings. The van der Waals surface area contributed by atoms with E-state index in [0.29, 0.717) is 18.2 Å². The van der Waals surface area contributed by atoms with Gasteiger partial charge in [0.2, 0.25) is 11.8 Å². The van der Waals surface area contributed by atoms with Crippen LogP contribution in [0.15, 0.2) is 42.6 Å². The van der Waals surface area contributed by atoms with E-state index in [1.807, 2.05) is 19.9 Å². The van der Waals surface area contributed by atoms with Crippen molar-refractivity contribution in [3.8, 4) is 5.88 Å². The van der Waals surface area contributed by atoms with Crippen molar-refractivity contribution in [1.29, 1.82) is 0 Å². The quantitative estimate of drug-likeness (QED) is 0.627. The SMILES string of the molecule is CC=CC=CC(=O)Nc1cccnc1OCC. The molecule has 0 atom stereocenters. The standard InChI is InChI=1S/C13H16N2O2/c1-3-5-6-9-12(16)15-11-8-7-10-14-13(11)17-4-2/h3,5-10H,4H2,1-2H3,(H,15,16). The van der Waals surface area contributed by atoms with Crippen LogP contribution in [0, 0.1) is 0 Å². The van der Waals surface area contributed by atoms with Gasteiger partial charge in [-0.15, -0.1) is 0 Å². The monoisotopic (exact) mass is 232 g/mol. The molecule has 1 amide bonds. The topological polar surface area (TPSA) is 51.2 Å². The van der Waals surface area contributed by atoms with Gasteiger partial charge in [0.15, 0.2) is 0 Å². The second-order valence-corrected chi connectivity index (χ2v) is 3.16. The highest BCUT2D eigenvalue weighted by atomic mass is 16.5. The molecule has 0 saturated carbocycles. The van der Waals surface area contributed by atoms with Crippen LogP contribution < -0.4 is 10.1 Å². The van der Waals surface area contributed by atoms with Crippen molar-refractivity contribution >= 4 is 11.6 Å². The van der Waals surface area contributed by atoms with Gasteiger partial charge in [0.05, 0.1) is 6.61 Å². The number of anilines is 1. The Hall–Kier alpha value is -2.10. The third-order valence-electron chi connectivity index (χ3n) is 1.86. The molecule has 4 heteroatoms. The third-order valence-corrected chi connectivity index (χ3v) is 1.86. The van der Waals surface area contributed by atoms with E-state index in [2.05, 4.69) is 10.3 Å². The highest BCUT2D eigenvalue weighted by molar-refractivity contribution is 6.00. The summed E-state index contributed by atoms with van der Waals surface area (Å²) in [5.74, 6) is 0.222. The minimum atomic E-state index is -0.211. The number of allylic oxidation sites excluding steroid dienone is 3. The van der Waals surface area contributed by atoms with Crippen LogP contribution >= 0.6 is 0 Å². The van der Waals surface area contributed by atoms with Crippen LogP contribution in [0.4, 0.5) is 5.69 Å². The van der Waals surface area contributed by atoms with Crippen LogP contribution in [0.2, 0.25) is 0 Å². The van der Waals surface area contributed by atoms with E-state index in [4.69, 9.17) is 4.74 Å². The molecule has 1 N–H and O–H groups in total. The van der Waals surface area contributed by atoms with Gasteiger partial charge in [0, 0.05) is 12.3 Å². The fourth-order valence-corrected chi connectivity index (χ4v) is 1.17. The van der Waals surface area contributed by atoms with Gasteiger partial charge in [-0.3, -0.25) is 4.79 Å². The molecule has 1 aromatic rings. The average molecular weight is 232 g/mol. The van der Waals surface area contributed by atoms with Crippen LogP contribution in [0.3, 0.4) is 0 Å². The van der Waals surface area contributed by atoms with E-state index in [1.54, 1.807) is 30.5 Å². The lowest BCUT2D eigenvalue weighted by atomic mass is 10.3. The number of hydrogen-bond donors (Lipinski definition) is 1. The van der Waals surface area contributed by atoms with E-state index in [0.717, 1.165) is 0 Å². The van der Waals surface area contributed by atoms with Gasteiger partial charge in [0.1, 0.15) is 5.69 Å². The predicted octanol–water partition coefficient (Wildman–Crippen LogP) is 2.55. The Labute approximate surface area is 101 Å². The van der Waals surface area contributed by atoms with Crippen LogP contribution in [0.25, 0.3) is 0 Å². The Morgan fingerprint density at radius 1 is 1.53 bits per heavy atom. The molecule has 0 spiro atoms. The molecule has 0 bridgehead atoms. The maximum atomic E-state index is 11.5. The van der Waals surface area contributed by atoms with E-state index in [-0.39, 0.29) is 5.91 Å². The normalized spacial score (nSPS) is 10.9. The fraction of sp³-hybridized carbons (Fsp3) is 0.231. The first kappa shape index (κ1) is 13.0. The zero-order valence-electron chi connectivity index (χ0n) is 10.0. The summed E-state index contributed by atoms with van der Waals surface area (Å²) in [6.07, 6.45) is 8.37. The van der Waals surface area contributed by atoms with Crippen molar-refractivity contribution < 1.29 is 9.53 Å². The molecule has 0 aliphatic rings. The number of nitrogens with zero attached hydrogens (tertiary/aromatic N) is 1. The summed E-state index contributed by atoms with van der Waals surface area (Å²) in [5, 5.41) is 2.71. The summed E-state index contributed by atoms with van der Waals surface area (Å²) in [6.45, 7) is 4.26. The molecule has 1 aromatic heterocycles. The predicted molar refractivity (Wildman–Crippen MR) is 68.0 cm³/mol. The number of carbonyl (C=O) groups is 1. The van der Waals surface area contributed by atoms with Gasteiger partial charge in [-0.1, -0.05) is 18.2 Å². The molecule has 17 heavy (non-hydrogen) atoms. The molecular weight excluding hydrogens is 216 g/mol. The Morgan fingerprint density at radius 3 is 3.06 bits per heavy atom. The van der Waals surface area contributed by atoms with E-state index < -0.39 is 0 Å². The number of rotatable bonds is 5. The number of nitrogens with one attached hydrogen (secondary N) is 1. The second-order valence-electron chi connectivity index (χ2n) is 3.16. The fourth-order valence-electron chi connectivity index (χ4n) is 1.17. The summed E-state index contributed by atoms with van der Waals surface area (Å²) < 4.78 is 5.30. The lowest BCUT2D eigenvalue weighted by molar-refractivity contribution is -0.111. The first-order valence-electron chi connectivity index (χ1n) is 5.46. The maximum absolute atomic E-state index is 11.5. The van der Waals surface area contributed by atoms with Gasteiger partial charge in [0.25, 0.3) is 0 Å². The minimum Gasteiger partial charge on any atom is -0.476 e. The molecule has 4 nitrogen and oxygen atoms in total. The van der Waals surface area contributed by atoms with E-state index in [1.165, 1.54) is 6.08 Å². The smallest absolute Gasteiger partial charge is 0.248 e. The molecule has 0 aliphatic carbocycles. The minimum absolute atomic E-state index is 0.211. The molecular formula is C13H16N2O2. The zero-order valence-corrected chi connectivity index (χ0v) is 10.0. The van der Waals surface area contributed by atoms with Crippen molar-refractivity contribution in [2.45, 2.75) is 13.8 Å². The first-order chi connectivity index (χ1) is 8.27. The number of hydrogen-bond acceptors (Lipinski definition) is 3. The average Bonchev–Trinajstić information content (AvgIpc) is 2.32. The van der Waals surface area contributed by atoms with E-state index >= 15 is 0 Å². The Balaban J connectivity index is 2.70. The van der Waals surface area contributed by atoms with Crippen LogP contribution in [-0.2, 0) is 4.79 Å². The van der Waals surface area contributed by atoms with Crippen LogP contribution in [0.1, 0.15) is 13.8 Å². The summed E-state index contributed by atoms with van der Waals surface area (Å²) in [4.78, 5) is 15.6. The largest absolute Gasteiger partial charge is 0.476 e. The highest BCUT2D eigenvalue weighted by Crippen LogP contribution is 2.20. The molecule has 0 saturated heterocycles. The number of ether oxygens (including phenoxy) is 1. The van der Waals surface area contributed by atoms with Crippen molar-refractivity contribution in [2.75, 3.05) is 11.9 Å². The third kappa shape index (κ3) is 4.51. The van der Waals surface area contributed by atoms with Crippen LogP contribution in [0.5, 0.6) is 5.88 Å². The molecule has 0 unspecified atom stereocenters. The Bertz CT molecular complexity index is 425. The molecule has 1 rings (SSSR count). The van der Waals surface area contributed by atoms with Gasteiger partial charge in [-0.2, -0.15) is 0 Å². The van der Waals surface area contributed by atoms with Gasteiger partial charge in [-0.25, -0.2) is 4.98 Å². The summed E-state index contributed by atoms with van der Waals surface area (Å²) >= 11 is 0. The Morgan fingerprint density at radius 2 is 2.35 bits per heavy atom.